The minimum Gasteiger partial charge on any atom is -0.458 e. The van der Waals surface area contributed by atoms with E-state index in [1.807, 2.05) is 0 Å². The number of carbonyl (C=O) groups excluding carboxylic acids is 1. The molecule has 4 atom stereocenters. The van der Waals surface area contributed by atoms with Crippen LogP contribution in [0.25, 0.3) is 0 Å². The third-order valence-electron chi connectivity index (χ3n) is 5.66. The van der Waals surface area contributed by atoms with Crippen LogP contribution in [-0.2, 0) is 9.53 Å². The zero-order valence-corrected chi connectivity index (χ0v) is 11.6. The van der Waals surface area contributed by atoms with Gasteiger partial charge in [0, 0.05) is 12.2 Å². The fraction of sp³-hybridized carbons (Fsp3) is 0.800. The molecule has 0 amide bonds. The Morgan fingerprint density at radius 1 is 1.37 bits per heavy atom. The predicted octanol–water partition coefficient (Wildman–Crippen LogP) is 1.41. The van der Waals surface area contributed by atoms with Crippen LogP contribution in [0.4, 0.5) is 0 Å². The lowest BCUT2D eigenvalue weighted by Gasteiger charge is -2.55. The molecular weight excluding hydrogens is 244 g/mol. The Bertz CT molecular complexity index is 455. The molecule has 0 aromatic carbocycles. The number of hydrogen-bond acceptors (Lipinski definition) is 4. The van der Waals surface area contributed by atoms with Gasteiger partial charge in [0.1, 0.15) is 6.61 Å². The highest BCUT2D eigenvalue weighted by molar-refractivity contribution is 5.92. The highest BCUT2D eigenvalue weighted by Crippen LogP contribution is 2.60. The van der Waals surface area contributed by atoms with Gasteiger partial charge in [-0.2, -0.15) is 0 Å². The summed E-state index contributed by atoms with van der Waals surface area (Å²) >= 11 is 0. The van der Waals surface area contributed by atoms with Crippen molar-refractivity contribution in [2.45, 2.75) is 45.6 Å². The van der Waals surface area contributed by atoms with E-state index in [1.54, 1.807) is 0 Å². The van der Waals surface area contributed by atoms with Crippen LogP contribution in [0.15, 0.2) is 11.1 Å². The molecule has 4 nitrogen and oxygen atoms in total. The van der Waals surface area contributed by atoms with Gasteiger partial charge in [0.05, 0.1) is 6.10 Å². The van der Waals surface area contributed by atoms with Gasteiger partial charge in [0.2, 0.25) is 0 Å². The van der Waals surface area contributed by atoms with Crippen molar-refractivity contribution >= 4 is 5.97 Å². The molecule has 1 saturated carbocycles. The molecule has 19 heavy (non-hydrogen) atoms. The summed E-state index contributed by atoms with van der Waals surface area (Å²) < 4.78 is 5.19. The molecule has 1 aliphatic heterocycles. The predicted molar refractivity (Wildman–Crippen MR) is 69.2 cm³/mol. The molecule has 0 aromatic heterocycles. The highest BCUT2D eigenvalue weighted by Gasteiger charge is 2.56. The lowest BCUT2D eigenvalue weighted by molar-refractivity contribution is -0.136. The van der Waals surface area contributed by atoms with Crippen molar-refractivity contribution in [3.05, 3.63) is 11.1 Å². The number of hydrogen-bond donors (Lipinski definition) is 2. The summed E-state index contributed by atoms with van der Waals surface area (Å²) in [4.78, 5) is 11.7. The van der Waals surface area contributed by atoms with E-state index in [9.17, 15) is 15.0 Å². The van der Waals surface area contributed by atoms with E-state index in [-0.39, 0.29) is 23.4 Å². The molecule has 106 valence electrons. The molecule has 0 radical (unpaired) electrons. The number of esters is 1. The number of carbonyl (C=O) groups is 1. The summed E-state index contributed by atoms with van der Waals surface area (Å²) in [5, 5.41) is 20.0. The summed E-state index contributed by atoms with van der Waals surface area (Å²) in [6.07, 6.45) is 2.54. The SMILES string of the molecule is C[C@]1(CO)C[C@@H](O)C[C@@]2(C)C3=C(CC[C@H]12)C(=O)OC3. The Morgan fingerprint density at radius 2 is 2.11 bits per heavy atom. The van der Waals surface area contributed by atoms with E-state index in [1.165, 1.54) is 0 Å². The third kappa shape index (κ3) is 1.69. The Hall–Kier alpha value is -0.870. The summed E-state index contributed by atoms with van der Waals surface area (Å²) in [6.45, 7) is 4.64. The first kappa shape index (κ1) is 13.1. The van der Waals surface area contributed by atoms with Crippen molar-refractivity contribution in [3.63, 3.8) is 0 Å². The lowest BCUT2D eigenvalue weighted by Crippen LogP contribution is -2.52. The molecule has 1 fully saturated rings. The van der Waals surface area contributed by atoms with Gasteiger partial charge in [0.15, 0.2) is 0 Å². The van der Waals surface area contributed by atoms with Crippen molar-refractivity contribution in [1.82, 2.24) is 0 Å². The zero-order chi connectivity index (χ0) is 13.8. The number of aliphatic hydroxyl groups is 2. The topological polar surface area (TPSA) is 66.8 Å². The van der Waals surface area contributed by atoms with Crippen molar-refractivity contribution < 1.29 is 19.7 Å². The van der Waals surface area contributed by atoms with Crippen LogP contribution in [0.1, 0.15) is 39.5 Å². The fourth-order valence-corrected chi connectivity index (χ4v) is 4.82. The maximum absolute atomic E-state index is 11.7. The summed E-state index contributed by atoms with van der Waals surface area (Å²) in [5.74, 6) is 0.127. The molecule has 3 rings (SSSR count). The van der Waals surface area contributed by atoms with Crippen molar-refractivity contribution in [2.24, 2.45) is 16.7 Å². The standard InChI is InChI=1S/C15H22O4/c1-14(8-16)5-9(17)6-15(2)11-7-19-13(18)10(11)3-4-12(14)15/h9,12,16-17H,3-8H2,1-2H3/t9-,12-,14-,15+/m1/s1. The molecule has 0 bridgehead atoms. The summed E-state index contributed by atoms with van der Waals surface area (Å²) in [5.41, 5.74) is 1.42. The van der Waals surface area contributed by atoms with E-state index in [0.717, 1.165) is 24.0 Å². The first-order chi connectivity index (χ1) is 8.90. The zero-order valence-electron chi connectivity index (χ0n) is 11.6. The largest absolute Gasteiger partial charge is 0.458 e. The van der Waals surface area contributed by atoms with Gasteiger partial charge in [-0.05, 0) is 48.0 Å². The Labute approximate surface area is 113 Å². The van der Waals surface area contributed by atoms with Crippen molar-refractivity contribution in [3.8, 4) is 0 Å². The van der Waals surface area contributed by atoms with Gasteiger partial charge in [-0.15, -0.1) is 0 Å². The van der Waals surface area contributed by atoms with Gasteiger partial charge in [-0.25, -0.2) is 4.79 Å². The molecular formula is C15H22O4. The second kappa shape index (κ2) is 4.06. The normalized spacial score (nSPS) is 45.8. The monoisotopic (exact) mass is 266 g/mol. The molecule has 0 unspecified atom stereocenters. The second-order valence-electron chi connectivity index (χ2n) is 6.92. The van der Waals surface area contributed by atoms with Crippen molar-refractivity contribution in [2.75, 3.05) is 13.2 Å². The molecule has 0 aromatic rings. The van der Waals surface area contributed by atoms with Gasteiger partial charge in [0.25, 0.3) is 0 Å². The van der Waals surface area contributed by atoms with Gasteiger partial charge < -0.3 is 14.9 Å². The lowest BCUT2D eigenvalue weighted by atomic mass is 9.49. The molecule has 1 heterocycles. The number of cyclic esters (lactones) is 1. The number of aliphatic hydroxyl groups excluding tert-OH is 2. The summed E-state index contributed by atoms with van der Waals surface area (Å²) in [6, 6.07) is 0. The fourth-order valence-electron chi connectivity index (χ4n) is 4.82. The maximum atomic E-state index is 11.7. The van der Waals surface area contributed by atoms with E-state index >= 15 is 0 Å². The number of fused-ring (bicyclic) bond motifs is 2. The van der Waals surface area contributed by atoms with E-state index in [0.29, 0.717) is 25.4 Å². The van der Waals surface area contributed by atoms with Crippen LogP contribution in [0.3, 0.4) is 0 Å². The molecule has 2 aliphatic carbocycles. The van der Waals surface area contributed by atoms with Crippen LogP contribution < -0.4 is 0 Å². The Kier molecular flexibility index (Phi) is 2.81. The quantitative estimate of drug-likeness (QED) is 0.704. The molecule has 0 saturated heterocycles. The molecule has 2 N–H and O–H groups in total. The first-order valence-electron chi connectivity index (χ1n) is 7.09. The van der Waals surface area contributed by atoms with Crippen LogP contribution in [0.2, 0.25) is 0 Å². The van der Waals surface area contributed by atoms with Gasteiger partial charge in [-0.1, -0.05) is 13.8 Å². The van der Waals surface area contributed by atoms with E-state index in [2.05, 4.69) is 13.8 Å². The van der Waals surface area contributed by atoms with E-state index < -0.39 is 6.10 Å². The average molecular weight is 266 g/mol. The van der Waals surface area contributed by atoms with Gasteiger partial charge >= 0.3 is 5.97 Å². The third-order valence-corrected chi connectivity index (χ3v) is 5.66. The number of ether oxygens (including phenoxy) is 1. The number of rotatable bonds is 1. The maximum Gasteiger partial charge on any atom is 0.334 e. The molecule has 0 spiro atoms. The van der Waals surface area contributed by atoms with Crippen LogP contribution in [0.5, 0.6) is 0 Å². The van der Waals surface area contributed by atoms with Crippen LogP contribution in [0, 0.1) is 16.7 Å². The van der Waals surface area contributed by atoms with Crippen molar-refractivity contribution in [1.29, 1.82) is 0 Å². The average Bonchev–Trinajstić information content (AvgIpc) is 2.71. The van der Waals surface area contributed by atoms with Crippen LogP contribution >= 0.6 is 0 Å². The summed E-state index contributed by atoms with van der Waals surface area (Å²) in [7, 11) is 0. The second-order valence-corrected chi connectivity index (χ2v) is 6.92. The highest BCUT2D eigenvalue weighted by atomic mass is 16.5. The van der Waals surface area contributed by atoms with E-state index in [4.69, 9.17) is 4.74 Å². The van der Waals surface area contributed by atoms with Crippen LogP contribution in [-0.4, -0.2) is 35.5 Å². The Balaban J connectivity index is 2.07. The molecule has 3 aliphatic rings. The minimum absolute atomic E-state index is 0.0851. The Morgan fingerprint density at radius 3 is 2.79 bits per heavy atom. The molecule has 4 heteroatoms. The first-order valence-corrected chi connectivity index (χ1v) is 7.09. The smallest absolute Gasteiger partial charge is 0.334 e. The minimum atomic E-state index is -0.416. The van der Waals surface area contributed by atoms with Gasteiger partial charge in [-0.3, -0.25) is 0 Å².